The number of hydrogen-bond donors (Lipinski definition) is 0. The van der Waals surface area contributed by atoms with Gasteiger partial charge in [0.25, 0.3) is 0 Å². The van der Waals surface area contributed by atoms with Crippen LogP contribution in [-0.4, -0.2) is 63.9 Å². The van der Waals surface area contributed by atoms with Crippen LogP contribution in [0.5, 0.6) is 11.5 Å². The third-order valence-corrected chi connectivity index (χ3v) is 6.08. The monoisotopic (exact) mass is 370 g/mol. The minimum atomic E-state index is -3.72. The molecular formula is C17H26N2O5S. The highest BCUT2D eigenvalue weighted by molar-refractivity contribution is 7.89. The fourth-order valence-corrected chi connectivity index (χ4v) is 4.37. The summed E-state index contributed by atoms with van der Waals surface area (Å²) in [6.45, 7) is 5.33. The largest absolute Gasteiger partial charge is 0.497 e. The van der Waals surface area contributed by atoms with Crippen molar-refractivity contribution in [3.05, 3.63) is 18.2 Å². The molecule has 0 radical (unpaired) electrons. The van der Waals surface area contributed by atoms with Gasteiger partial charge in [0.15, 0.2) is 0 Å². The van der Waals surface area contributed by atoms with Gasteiger partial charge in [0.2, 0.25) is 15.9 Å². The predicted molar refractivity (Wildman–Crippen MR) is 94.3 cm³/mol. The normalized spacial score (nSPS) is 16.1. The molecule has 0 N–H and O–H groups in total. The highest BCUT2D eigenvalue weighted by Gasteiger charge is 2.32. The van der Waals surface area contributed by atoms with Gasteiger partial charge in [-0.15, -0.1) is 0 Å². The van der Waals surface area contributed by atoms with E-state index in [1.54, 1.807) is 17.0 Å². The summed E-state index contributed by atoms with van der Waals surface area (Å²) in [5, 5.41) is 0. The molecule has 1 amide bonds. The third-order valence-electron chi connectivity index (χ3n) is 4.16. The van der Waals surface area contributed by atoms with Gasteiger partial charge in [-0.3, -0.25) is 4.79 Å². The Morgan fingerprint density at radius 3 is 2.28 bits per heavy atom. The van der Waals surface area contributed by atoms with E-state index >= 15 is 0 Å². The average Bonchev–Trinajstić information content (AvgIpc) is 2.60. The van der Waals surface area contributed by atoms with Crippen LogP contribution in [0.1, 0.15) is 20.3 Å². The summed E-state index contributed by atoms with van der Waals surface area (Å²) in [5.74, 6) is 1.09. The summed E-state index contributed by atoms with van der Waals surface area (Å²) in [5.41, 5.74) is 0. The SMILES string of the molecule is COc1ccc(OC)c(S(=O)(=O)N2CCN(C(=O)CC(C)C)CC2)c1. The molecule has 1 aliphatic rings. The molecule has 1 aromatic rings. The molecular weight excluding hydrogens is 344 g/mol. The minimum absolute atomic E-state index is 0.0750. The van der Waals surface area contributed by atoms with E-state index in [1.165, 1.54) is 24.6 Å². The van der Waals surface area contributed by atoms with E-state index in [0.717, 1.165) is 0 Å². The predicted octanol–water partition coefficient (Wildman–Crippen LogP) is 1.58. The van der Waals surface area contributed by atoms with Crippen molar-refractivity contribution in [2.24, 2.45) is 5.92 Å². The van der Waals surface area contributed by atoms with Crippen LogP contribution >= 0.6 is 0 Å². The lowest BCUT2D eigenvalue weighted by Gasteiger charge is -2.34. The van der Waals surface area contributed by atoms with Crippen LogP contribution in [0.4, 0.5) is 0 Å². The molecule has 7 nitrogen and oxygen atoms in total. The molecule has 0 spiro atoms. The fourth-order valence-electron chi connectivity index (χ4n) is 2.78. The number of hydrogen-bond acceptors (Lipinski definition) is 5. The number of sulfonamides is 1. The van der Waals surface area contributed by atoms with E-state index in [1.807, 2.05) is 13.8 Å². The molecule has 0 aliphatic carbocycles. The van der Waals surface area contributed by atoms with Crippen LogP contribution < -0.4 is 9.47 Å². The number of piperazine rings is 1. The molecule has 0 atom stereocenters. The molecule has 1 aromatic carbocycles. The Kier molecular flexibility index (Phi) is 6.29. The van der Waals surface area contributed by atoms with Crippen LogP contribution in [0.15, 0.2) is 23.1 Å². The quantitative estimate of drug-likeness (QED) is 0.760. The Hall–Kier alpha value is -1.80. The molecule has 0 unspecified atom stereocenters. The van der Waals surface area contributed by atoms with E-state index in [2.05, 4.69) is 0 Å². The second-order valence-electron chi connectivity index (χ2n) is 6.40. The molecule has 0 bridgehead atoms. The second-order valence-corrected chi connectivity index (χ2v) is 8.31. The number of benzene rings is 1. The number of methoxy groups -OCH3 is 2. The Balaban J connectivity index is 2.16. The third kappa shape index (κ3) is 4.43. The lowest BCUT2D eigenvalue weighted by Crippen LogP contribution is -2.50. The maximum absolute atomic E-state index is 13.0. The van der Waals surface area contributed by atoms with Crippen molar-refractivity contribution in [2.75, 3.05) is 40.4 Å². The van der Waals surface area contributed by atoms with Crippen molar-refractivity contribution in [3.8, 4) is 11.5 Å². The molecule has 140 valence electrons. The van der Waals surface area contributed by atoms with Crippen molar-refractivity contribution >= 4 is 15.9 Å². The van der Waals surface area contributed by atoms with Crippen molar-refractivity contribution in [1.82, 2.24) is 9.21 Å². The maximum atomic E-state index is 13.0. The smallest absolute Gasteiger partial charge is 0.247 e. The van der Waals surface area contributed by atoms with Crippen LogP contribution in [0.25, 0.3) is 0 Å². The summed E-state index contributed by atoms with van der Waals surface area (Å²) in [7, 11) is -0.802. The van der Waals surface area contributed by atoms with Gasteiger partial charge < -0.3 is 14.4 Å². The molecule has 1 aliphatic heterocycles. The van der Waals surface area contributed by atoms with Crippen molar-refractivity contribution in [2.45, 2.75) is 25.2 Å². The van der Waals surface area contributed by atoms with Gasteiger partial charge in [0.1, 0.15) is 16.4 Å². The summed E-state index contributed by atoms with van der Waals surface area (Å²) in [6.07, 6.45) is 0.483. The first-order chi connectivity index (χ1) is 11.8. The van der Waals surface area contributed by atoms with Gasteiger partial charge in [0, 0.05) is 38.7 Å². The Morgan fingerprint density at radius 2 is 1.76 bits per heavy atom. The topological polar surface area (TPSA) is 76.2 Å². The van der Waals surface area contributed by atoms with Crippen molar-refractivity contribution < 1.29 is 22.7 Å². The van der Waals surface area contributed by atoms with Crippen molar-refractivity contribution in [1.29, 1.82) is 0 Å². The first-order valence-corrected chi connectivity index (χ1v) is 9.73. The number of nitrogens with zero attached hydrogens (tertiary/aromatic N) is 2. The van der Waals surface area contributed by atoms with Gasteiger partial charge in [-0.1, -0.05) is 13.8 Å². The number of carbonyl (C=O) groups is 1. The molecule has 0 aromatic heterocycles. The van der Waals surface area contributed by atoms with Gasteiger partial charge in [-0.25, -0.2) is 8.42 Å². The van der Waals surface area contributed by atoms with Gasteiger partial charge in [-0.2, -0.15) is 4.31 Å². The van der Waals surface area contributed by atoms with Crippen LogP contribution in [0.2, 0.25) is 0 Å². The number of carbonyl (C=O) groups excluding carboxylic acids is 1. The summed E-state index contributed by atoms with van der Waals surface area (Å²) >= 11 is 0. The standard InChI is InChI=1S/C17H26N2O5S/c1-13(2)11-17(20)18-7-9-19(10-8-18)25(21,22)16-12-14(23-3)5-6-15(16)24-4/h5-6,12-13H,7-11H2,1-4H3. The van der Waals surface area contributed by atoms with E-state index in [9.17, 15) is 13.2 Å². The Labute approximate surface area is 149 Å². The Morgan fingerprint density at radius 1 is 1.12 bits per heavy atom. The number of rotatable bonds is 6. The number of amides is 1. The highest BCUT2D eigenvalue weighted by Crippen LogP contribution is 2.31. The minimum Gasteiger partial charge on any atom is -0.497 e. The van der Waals surface area contributed by atoms with E-state index in [4.69, 9.17) is 9.47 Å². The van der Waals surface area contributed by atoms with Crippen LogP contribution in [-0.2, 0) is 14.8 Å². The van der Waals surface area contributed by atoms with Gasteiger partial charge >= 0.3 is 0 Å². The zero-order valence-electron chi connectivity index (χ0n) is 15.2. The molecule has 0 saturated carbocycles. The first-order valence-electron chi connectivity index (χ1n) is 8.29. The first kappa shape index (κ1) is 19.5. The molecule has 1 heterocycles. The molecule has 1 saturated heterocycles. The van der Waals surface area contributed by atoms with E-state index < -0.39 is 10.0 Å². The molecule has 1 fully saturated rings. The van der Waals surface area contributed by atoms with Crippen molar-refractivity contribution in [3.63, 3.8) is 0 Å². The van der Waals surface area contributed by atoms with E-state index in [-0.39, 0.29) is 35.6 Å². The van der Waals surface area contributed by atoms with Gasteiger partial charge in [0.05, 0.1) is 14.2 Å². The zero-order valence-corrected chi connectivity index (χ0v) is 16.0. The van der Waals surface area contributed by atoms with Crippen LogP contribution in [0.3, 0.4) is 0 Å². The number of ether oxygens (including phenoxy) is 2. The zero-order chi connectivity index (χ0) is 18.6. The fraction of sp³-hybridized carbons (Fsp3) is 0.588. The molecule has 8 heteroatoms. The summed E-state index contributed by atoms with van der Waals surface area (Å²) in [4.78, 5) is 14.0. The molecule has 2 rings (SSSR count). The van der Waals surface area contributed by atoms with E-state index in [0.29, 0.717) is 25.3 Å². The lowest BCUT2D eigenvalue weighted by molar-refractivity contribution is -0.133. The summed E-state index contributed by atoms with van der Waals surface area (Å²) in [6, 6.07) is 4.69. The summed E-state index contributed by atoms with van der Waals surface area (Å²) < 4.78 is 37.7. The average molecular weight is 370 g/mol. The lowest BCUT2D eigenvalue weighted by atomic mass is 10.1. The maximum Gasteiger partial charge on any atom is 0.247 e. The molecule has 25 heavy (non-hydrogen) atoms. The van der Waals surface area contributed by atoms with Crippen LogP contribution in [0, 0.1) is 5.92 Å². The highest BCUT2D eigenvalue weighted by atomic mass is 32.2. The van der Waals surface area contributed by atoms with Gasteiger partial charge in [-0.05, 0) is 18.1 Å². The second kappa shape index (κ2) is 8.05. The Bertz CT molecular complexity index is 710.